The Labute approximate surface area is 69.4 Å². The van der Waals surface area contributed by atoms with Crippen molar-refractivity contribution in [3.63, 3.8) is 0 Å². The Kier molecular flexibility index (Phi) is 7.16. The van der Waals surface area contributed by atoms with E-state index < -0.39 is 0 Å². The van der Waals surface area contributed by atoms with E-state index in [0.717, 1.165) is 19.3 Å². The molecule has 64 valence electrons. The summed E-state index contributed by atoms with van der Waals surface area (Å²) < 4.78 is 0. The fourth-order valence-electron chi connectivity index (χ4n) is 0.731. The van der Waals surface area contributed by atoms with E-state index in [2.05, 4.69) is 25.2 Å². The topological polar surface area (TPSA) is 20.2 Å². The molecule has 0 aliphatic rings. The molecule has 11 heavy (non-hydrogen) atoms. The second-order valence-corrected chi connectivity index (χ2v) is 2.67. The molecule has 0 saturated carbocycles. The fourth-order valence-corrected chi connectivity index (χ4v) is 0.731. The van der Waals surface area contributed by atoms with Gasteiger partial charge in [-0.3, -0.25) is 0 Å². The van der Waals surface area contributed by atoms with Crippen LogP contribution in [0.5, 0.6) is 0 Å². The van der Waals surface area contributed by atoms with Gasteiger partial charge in [-0.2, -0.15) is 0 Å². The van der Waals surface area contributed by atoms with Gasteiger partial charge in [-0.25, -0.2) is 0 Å². The number of hydrogen-bond donors (Lipinski definition) is 1. The number of hydrogen-bond acceptors (Lipinski definition) is 1. The lowest BCUT2D eigenvalue weighted by Gasteiger charge is -1.94. The molecule has 1 heteroatoms. The molecule has 1 N–H and O–H groups in total. The zero-order chi connectivity index (χ0) is 8.53. The third-order valence-corrected chi connectivity index (χ3v) is 1.32. The number of allylic oxidation sites excluding steroid dienone is 3. The maximum atomic E-state index is 8.89. The van der Waals surface area contributed by atoms with Gasteiger partial charge >= 0.3 is 0 Å². The minimum atomic E-state index is -0.207. The lowest BCUT2D eigenvalue weighted by atomic mass is 10.2. The van der Waals surface area contributed by atoms with Crippen LogP contribution in [-0.2, 0) is 0 Å². The molecular weight excluding hydrogens is 136 g/mol. The van der Waals surface area contributed by atoms with E-state index in [0.29, 0.717) is 0 Å². The van der Waals surface area contributed by atoms with Crippen molar-refractivity contribution in [2.24, 2.45) is 0 Å². The standard InChI is InChI=1S/C10H18O/c1-3-4-5-6-7-8-9-10(2)11/h4-5,7-8,10-11H,3,6,9H2,1-2H3/b5-4+,8-7?. The first-order valence-electron chi connectivity index (χ1n) is 4.25. The number of rotatable bonds is 5. The van der Waals surface area contributed by atoms with Crippen molar-refractivity contribution in [3.8, 4) is 0 Å². The fraction of sp³-hybridized carbons (Fsp3) is 0.600. The molecule has 1 nitrogen and oxygen atoms in total. The Morgan fingerprint density at radius 1 is 1.18 bits per heavy atom. The van der Waals surface area contributed by atoms with Gasteiger partial charge in [0.2, 0.25) is 0 Å². The molecule has 0 aromatic rings. The summed E-state index contributed by atoms with van der Waals surface area (Å²) in [6, 6.07) is 0. The molecular formula is C10H18O. The molecule has 1 atom stereocenters. The second kappa shape index (κ2) is 7.55. The minimum Gasteiger partial charge on any atom is -0.393 e. The van der Waals surface area contributed by atoms with E-state index in [4.69, 9.17) is 5.11 Å². The van der Waals surface area contributed by atoms with Crippen LogP contribution < -0.4 is 0 Å². The van der Waals surface area contributed by atoms with Crippen LogP contribution in [0.15, 0.2) is 24.3 Å². The lowest BCUT2D eigenvalue weighted by molar-refractivity contribution is 0.198. The highest BCUT2D eigenvalue weighted by Crippen LogP contribution is 1.94. The molecule has 1 unspecified atom stereocenters. The Balaban J connectivity index is 3.23. The summed E-state index contributed by atoms with van der Waals surface area (Å²) in [5, 5.41) is 8.89. The first-order valence-corrected chi connectivity index (χ1v) is 4.25. The Morgan fingerprint density at radius 3 is 2.36 bits per heavy atom. The monoisotopic (exact) mass is 154 g/mol. The maximum Gasteiger partial charge on any atom is 0.0546 e. The van der Waals surface area contributed by atoms with Crippen LogP contribution in [0.4, 0.5) is 0 Å². The minimum absolute atomic E-state index is 0.207. The van der Waals surface area contributed by atoms with Crippen molar-refractivity contribution in [1.29, 1.82) is 0 Å². The average Bonchev–Trinajstić information content (AvgIpc) is 1.96. The van der Waals surface area contributed by atoms with Crippen LogP contribution in [0, 0.1) is 0 Å². The van der Waals surface area contributed by atoms with Crippen molar-refractivity contribution in [2.45, 2.75) is 39.2 Å². The van der Waals surface area contributed by atoms with Crippen LogP contribution in [0.3, 0.4) is 0 Å². The van der Waals surface area contributed by atoms with Gasteiger partial charge in [-0.05, 0) is 26.2 Å². The largest absolute Gasteiger partial charge is 0.393 e. The van der Waals surface area contributed by atoms with Gasteiger partial charge in [-0.1, -0.05) is 31.2 Å². The SMILES string of the molecule is CC/C=C/CC=CCC(C)O. The van der Waals surface area contributed by atoms with Crippen LogP contribution in [0.2, 0.25) is 0 Å². The normalized spacial score (nSPS) is 14.8. The Bertz CT molecular complexity index is 123. The summed E-state index contributed by atoms with van der Waals surface area (Å²) in [7, 11) is 0. The Morgan fingerprint density at radius 2 is 1.82 bits per heavy atom. The van der Waals surface area contributed by atoms with Crippen molar-refractivity contribution < 1.29 is 5.11 Å². The molecule has 0 aromatic carbocycles. The molecule has 0 heterocycles. The van der Waals surface area contributed by atoms with Crippen LogP contribution in [0.25, 0.3) is 0 Å². The summed E-state index contributed by atoms with van der Waals surface area (Å²) >= 11 is 0. The molecule has 0 aliphatic carbocycles. The first-order chi connectivity index (χ1) is 5.27. The highest BCUT2D eigenvalue weighted by Gasteiger charge is 1.86. The molecule has 0 rings (SSSR count). The summed E-state index contributed by atoms with van der Waals surface area (Å²) in [5.41, 5.74) is 0. The second-order valence-electron chi connectivity index (χ2n) is 2.67. The van der Waals surface area contributed by atoms with Crippen molar-refractivity contribution >= 4 is 0 Å². The molecule has 0 radical (unpaired) electrons. The van der Waals surface area contributed by atoms with Gasteiger partial charge in [-0.15, -0.1) is 0 Å². The van der Waals surface area contributed by atoms with Crippen molar-refractivity contribution in [3.05, 3.63) is 24.3 Å². The molecule has 0 spiro atoms. The quantitative estimate of drug-likeness (QED) is 0.604. The van der Waals surface area contributed by atoms with Gasteiger partial charge < -0.3 is 5.11 Å². The van der Waals surface area contributed by atoms with Crippen LogP contribution >= 0.6 is 0 Å². The zero-order valence-corrected chi connectivity index (χ0v) is 7.46. The van der Waals surface area contributed by atoms with Gasteiger partial charge in [0.25, 0.3) is 0 Å². The molecule has 0 saturated heterocycles. The summed E-state index contributed by atoms with van der Waals surface area (Å²) in [6.07, 6.45) is 11.0. The van der Waals surface area contributed by atoms with Crippen LogP contribution in [-0.4, -0.2) is 11.2 Å². The van der Waals surface area contributed by atoms with Gasteiger partial charge in [0.15, 0.2) is 0 Å². The van der Waals surface area contributed by atoms with Crippen molar-refractivity contribution in [1.82, 2.24) is 0 Å². The summed E-state index contributed by atoms with van der Waals surface area (Å²) in [5.74, 6) is 0. The highest BCUT2D eigenvalue weighted by molar-refractivity contribution is 4.92. The van der Waals surface area contributed by atoms with E-state index in [1.807, 2.05) is 6.08 Å². The Hall–Kier alpha value is -0.560. The predicted molar refractivity (Wildman–Crippen MR) is 49.5 cm³/mol. The number of aliphatic hydroxyl groups is 1. The maximum absolute atomic E-state index is 8.89. The van der Waals surface area contributed by atoms with E-state index in [9.17, 15) is 0 Å². The third-order valence-electron chi connectivity index (χ3n) is 1.32. The zero-order valence-electron chi connectivity index (χ0n) is 7.46. The molecule has 0 aliphatic heterocycles. The lowest BCUT2D eigenvalue weighted by Crippen LogP contribution is -1.94. The smallest absolute Gasteiger partial charge is 0.0546 e. The van der Waals surface area contributed by atoms with E-state index in [-0.39, 0.29) is 6.10 Å². The third kappa shape index (κ3) is 9.44. The predicted octanol–water partition coefficient (Wildman–Crippen LogP) is 2.67. The molecule has 0 aromatic heterocycles. The van der Waals surface area contributed by atoms with Gasteiger partial charge in [0.1, 0.15) is 0 Å². The first kappa shape index (κ1) is 10.4. The molecule has 0 fully saturated rings. The number of aliphatic hydroxyl groups excluding tert-OH is 1. The van der Waals surface area contributed by atoms with Crippen LogP contribution in [0.1, 0.15) is 33.1 Å². The molecule has 0 amide bonds. The summed E-state index contributed by atoms with van der Waals surface area (Å²) in [4.78, 5) is 0. The van der Waals surface area contributed by atoms with E-state index in [1.165, 1.54) is 0 Å². The summed E-state index contributed by atoms with van der Waals surface area (Å²) in [6.45, 7) is 3.92. The van der Waals surface area contributed by atoms with Gasteiger partial charge in [0, 0.05) is 0 Å². The van der Waals surface area contributed by atoms with Gasteiger partial charge in [0.05, 0.1) is 6.10 Å². The van der Waals surface area contributed by atoms with E-state index >= 15 is 0 Å². The highest BCUT2D eigenvalue weighted by atomic mass is 16.3. The molecule has 0 bridgehead atoms. The van der Waals surface area contributed by atoms with Crippen molar-refractivity contribution in [2.75, 3.05) is 0 Å². The average molecular weight is 154 g/mol. The van der Waals surface area contributed by atoms with E-state index in [1.54, 1.807) is 6.92 Å².